The Hall–Kier alpha value is -3.92. The minimum absolute atomic E-state index is 0.0331. The fourth-order valence-electron chi connectivity index (χ4n) is 3.51. The summed E-state index contributed by atoms with van der Waals surface area (Å²) < 4.78 is 3.93. The van der Waals surface area contributed by atoms with Crippen molar-refractivity contribution in [3.63, 3.8) is 0 Å². The Morgan fingerprint density at radius 3 is 2.40 bits per heavy atom. The van der Waals surface area contributed by atoms with Gasteiger partial charge in [-0.2, -0.15) is 4.37 Å². The molecule has 3 aromatic rings. The van der Waals surface area contributed by atoms with Gasteiger partial charge in [-0.05, 0) is 48.5 Å². The van der Waals surface area contributed by atoms with Crippen LogP contribution in [-0.2, 0) is 4.79 Å². The zero-order chi connectivity index (χ0) is 25.7. The minimum Gasteiger partial charge on any atom is -0.508 e. The Balaban J connectivity index is 2.16. The van der Waals surface area contributed by atoms with Crippen molar-refractivity contribution >= 4 is 40.6 Å². The average Bonchev–Trinajstić information content (AvgIpc) is 3.19. The van der Waals surface area contributed by atoms with Crippen LogP contribution in [-0.4, -0.2) is 33.7 Å². The number of phenols is 1. The monoisotopic (exact) mass is 495 g/mol. The number of aryl methyl sites for hydroxylation is 1. The highest BCUT2D eigenvalue weighted by Gasteiger charge is 2.36. The number of nitrogens with zero attached hydrogens (tertiary/aromatic N) is 2. The van der Waals surface area contributed by atoms with E-state index in [0.29, 0.717) is 18.0 Å². The number of amides is 3. The SMILES string of the molecule is Cc1ccc([C@@H](C(=O)NCCC(C)C)N(C(=O)c2snc(C(N)=O)c2N)c2cccc(O)c2)cc1. The van der Waals surface area contributed by atoms with Gasteiger partial charge in [0.05, 0.1) is 5.69 Å². The molecular weight excluding hydrogens is 466 g/mol. The van der Waals surface area contributed by atoms with Crippen LogP contribution in [0.15, 0.2) is 48.5 Å². The molecule has 184 valence electrons. The van der Waals surface area contributed by atoms with Gasteiger partial charge in [0.1, 0.15) is 16.7 Å². The Kier molecular flexibility index (Phi) is 8.08. The smallest absolute Gasteiger partial charge is 0.273 e. The van der Waals surface area contributed by atoms with E-state index in [1.807, 2.05) is 19.1 Å². The molecule has 35 heavy (non-hydrogen) atoms. The first-order chi connectivity index (χ1) is 16.6. The summed E-state index contributed by atoms with van der Waals surface area (Å²) in [5.41, 5.74) is 12.8. The summed E-state index contributed by atoms with van der Waals surface area (Å²) in [5, 5.41) is 13.1. The minimum atomic E-state index is -1.09. The molecule has 0 aliphatic heterocycles. The Morgan fingerprint density at radius 1 is 1.14 bits per heavy atom. The maximum Gasteiger partial charge on any atom is 0.273 e. The lowest BCUT2D eigenvalue weighted by atomic mass is 10.0. The van der Waals surface area contributed by atoms with E-state index >= 15 is 0 Å². The molecule has 0 spiro atoms. The number of hydrogen-bond acceptors (Lipinski definition) is 7. The van der Waals surface area contributed by atoms with E-state index in [2.05, 4.69) is 23.5 Å². The van der Waals surface area contributed by atoms with Crippen molar-refractivity contribution < 1.29 is 19.5 Å². The van der Waals surface area contributed by atoms with E-state index < -0.39 is 23.8 Å². The first-order valence-electron chi connectivity index (χ1n) is 11.1. The molecule has 3 amide bonds. The molecule has 0 radical (unpaired) electrons. The summed E-state index contributed by atoms with van der Waals surface area (Å²) in [6, 6.07) is 12.2. The van der Waals surface area contributed by atoms with Crippen molar-refractivity contribution in [3.8, 4) is 5.75 Å². The topological polar surface area (TPSA) is 152 Å². The lowest BCUT2D eigenvalue weighted by Gasteiger charge is -2.31. The molecule has 0 fully saturated rings. The highest BCUT2D eigenvalue weighted by atomic mass is 32.1. The van der Waals surface area contributed by atoms with E-state index in [0.717, 1.165) is 23.5 Å². The number of phenolic OH excluding ortho intramolecular Hbond substituents is 1. The van der Waals surface area contributed by atoms with E-state index in [1.54, 1.807) is 24.3 Å². The standard InChI is InChI=1S/C25H29N5O4S/c1-14(2)11-12-28-24(33)21(16-9-7-15(3)8-10-16)30(17-5-4-6-18(31)13-17)25(34)22-19(26)20(23(27)32)29-35-22/h4-10,13-14,21,31H,11-12,26H2,1-3H3,(H2,27,32)(H,28,33)/t21-/m0/s1. The molecule has 0 saturated carbocycles. The number of rotatable bonds is 9. The lowest BCUT2D eigenvalue weighted by molar-refractivity contribution is -0.122. The fraction of sp³-hybridized carbons (Fsp3) is 0.280. The third kappa shape index (κ3) is 5.96. The van der Waals surface area contributed by atoms with Crippen LogP contribution in [0.25, 0.3) is 0 Å². The molecule has 10 heteroatoms. The van der Waals surface area contributed by atoms with Gasteiger partial charge in [0, 0.05) is 18.3 Å². The number of nitrogens with one attached hydrogen (secondary N) is 1. The van der Waals surface area contributed by atoms with E-state index in [4.69, 9.17) is 11.5 Å². The maximum absolute atomic E-state index is 13.9. The molecular formula is C25H29N5O4S. The van der Waals surface area contributed by atoms with Gasteiger partial charge in [-0.1, -0.05) is 49.7 Å². The third-order valence-electron chi connectivity index (χ3n) is 5.40. The number of carbonyl (C=O) groups is 3. The van der Waals surface area contributed by atoms with Crippen molar-refractivity contribution in [3.05, 3.63) is 70.2 Å². The van der Waals surface area contributed by atoms with Crippen LogP contribution >= 0.6 is 11.5 Å². The van der Waals surface area contributed by atoms with Crippen molar-refractivity contribution in [1.82, 2.24) is 9.69 Å². The number of carbonyl (C=O) groups excluding carboxylic acids is 3. The normalized spacial score (nSPS) is 11.8. The number of nitrogens with two attached hydrogens (primary N) is 2. The Bertz CT molecular complexity index is 1220. The van der Waals surface area contributed by atoms with Crippen molar-refractivity contribution in [2.75, 3.05) is 17.2 Å². The molecule has 1 heterocycles. The van der Waals surface area contributed by atoms with Gasteiger partial charge in [-0.3, -0.25) is 19.3 Å². The highest BCUT2D eigenvalue weighted by molar-refractivity contribution is 7.09. The molecule has 0 bridgehead atoms. The first-order valence-corrected chi connectivity index (χ1v) is 11.9. The molecule has 0 aliphatic carbocycles. The molecule has 9 nitrogen and oxygen atoms in total. The molecule has 1 aromatic heterocycles. The molecule has 0 saturated heterocycles. The zero-order valence-electron chi connectivity index (χ0n) is 19.8. The zero-order valence-corrected chi connectivity index (χ0v) is 20.6. The van der Waals surface area contributed by atoms with E-state index in [1.165, 1.54) is 17.0 Å². The van der Waals surface area contributed by atoms with Crippen LogP contribution in [0, 0.1) is 12.8 Å². The number of nitrogen functional groups attached to an aromatic ring is 1. The molecule has 2 aromatic carbocycles. The van der Waals surface area contributed by atoms with Gasteiger partial charge < -0.3 is 21.9 Å². The van der Waals surface area contributed by atoms with Gasteiger partial charge in [0.2, 0.25) is 5.91 Å². The van der Waals surface area contributed by atoms with Gasteiger partial charge in [0.25, 0.3) is 11.8 Å². The van der Waals surface area contributed by atoms with Crippen molar-refractivity contribution in [2.24, 2.45) is 11.7 Å². The van der Waals surface area contributed by atoms with Crippen LogP contribution in [0.1, 0.15) is 57.6 Å². The molecule has 3 rings (SSSR count). The largest absolute Gasteiger partial charge is 0.508 e. The van der Waals surface area contributed by atoms with E-state index in [-0.39, 0.29) is 27.7 Å². The van der Waals surface area contributed by atoms with Crippen LogP contribution in [0.4, 0.5) is 11.4 Å². The van der Waals surface area contributed by atoms with Crippen molar-refractivity contribution in [2.45, 2.75) is 33.2 Å². The second-order valence-corrected chi connectivity index (χ2v) is 9.39. The number of hydrogen-bond donors (Lipinski definition) is 4. The van der Waals surface area contributed by atoms with Crippen molar-refractivity contribution in [1.29, 1.82) is 0 Å². The fourth-order valence-corrected chi connectivity index (χ4v) is 4.25. The van der Waals surface area contributed by atoms with Crippen LogP contribution in [0.2, 0.25) is 0 Å². The predicted octanol–water partition coefficient (Wildman–Crippen LogP) is 3.39. The van der Waals surface area contributed by atoms with Gasteiger partial charge in [-0.25, -0.2) is 0 Å². The number of primary amides is 1. The lowest BCUT2D eigenvalue weighted by Crippen LogP contribution is -2.44. The third-order valence-corrected chi connectivity index (χ3v) is 6.25. The molecule has 0 aliphatic rings. The second kappa shape index (κ2) is 11.0. The van der Waals surface area contributed by atoms with Gasteiger partial charge >= 0.3 is 0 Å². The van der Waals surface area contributed by atoms with Gasteiger partial charge in [0.15, 0.2) is 5.69 Å². The molecule has 6 N–H and O–H groups in total. The summed E-state index contributed by atoms with van der Waals surface area (Å²) in [7, 11) is 0. The molecule has 1 atom stereocenters. The van der Waals surface area contributed by atoms with E-state index in [9.17, 15) is 19.5 Å². The van der Waals surface area contributed by atoms with Crippen LogP contribution in [0.5, 0.6) is 5.75 Å². The Morgan fingerprint density at radius 2 is 1.83 bits per heavy atom. The number of anilines is 2. The summed E-state index contributed by atoms with van der Waals surface area (Å²) in [5.74, 6) is -1.62. The Labute approximate surface area is 207 Å². The number of aromatic nitrogens is 1. The first kappa shape index (κ1) is 25.7. The summed E-state index contributed by atoms with van der Waals surface area (Å²) >= 11 is 0.727. The molecule has 0 unspecified atom stereocenters. The highest BCUT2D eigenvalue weighted by Crippen LogP contribution is 2.34. The summed E-state index contributed by atoms with van der Waals surface area (Å²) in [6.45, 7) is 6.45. The quantitative estimate of drug-likeness (QED) is 0.357. The van der Waals surface area contributed by atoms with Crippen LogP contribution < -0.4 is 21.7 Å². The summed E-state index contributed by atoms with van der Waals surface area (Å²) in [4.78, 5) is 40.3. The second-order valence-electron chi connectivity index (χ2n) is 8.62. The maximum atomic E-state index is 13.9. The predicted molar refractivity (Wildman–Crippen MR) is 136 cm³/mol. The number of aromatic hydroxyl groups is 1. The van der Waals surface area contributed by atoms with Crippen LogP contribution in [0.3, 0.4) is 0 Å². The average molecular weight is 496 g/mol. The summed E-state index contributed by atoms with van der Waals surface area (Å²) in [6.07, 6.45) is 0.760. The van der Waals surface area contributed by atoms with Gasteiger partial charge in [-0.15, -0.1) is 0 Å². The number of benzene rings is 2.